The Balaban J connectivity index is 1.48. The van der Waals surface area contributed by atoms with Gasteiger partial charge in [0.2, 0.25) is 11.8 Å². The molecule has 13 nitrogen and oxygen atoms in total. The fourth-order valence-corrected chi connectivity index (χ4v) is 6.06. The van der Waals surface area contributed by atoms with E-state index in [4.69, 9.17) is 4.74 Å². The molecule has 4 rings (SSSR count). The molecule has 0 radical (unpaired) electrons. The van der Waals surface area contributed by atoms with Gasteiger partial charge in [-0.25, -0.2) is 9.78 Å². The molecular formula is C36H50N6O7. The summed E-state index contributed by atoms with van der Waals surface area (Å²) in [6.07, 6.45) is 3.29. The zero-order chi connectivity index (χ0) is 35.3. The number of piperazine rings is 1. The van der Waals surface area contributed by atoms with E-state index in [0.717, 1.165) is 30.5 Å². The minimum absolute atomic E-state index is 0.0512. The second-order valence-electron chi connectivity index (χ2n) is 13.0. The third-order valence-corrected chi connectivity index (χ3v) is 8.85. The largest absolute Gasteiger partial charge is 0.481 e. The van der Waals surface area contributed by atoms with Crippen molar-refractivity contribution in [1.82, 2.24) is 25.4 Å². The van der Waals surface area contributed by atoms with Crippen LogP contribution in [0.1, 0.15) is 76.2 Å². The Bertz CT molecular complexity index is 1440. The van der Waals surface area contributed by atoms with Crippen LogP contribution in [0.25, 0.3) is 11.3 Å². The van der Waals surface area contributed by atoms with Crippen LogP contribution in [0.15, 0.2) is 42.5 Å². The molecule has 1 atom stereocenters. The molecule has 0 unspecified atom stereocenters. The molecule has 4 amide bonds. The molecule has 2 aromatic rings. The summed E-state index contributed by atoms with van der Waals surface area (Å²) in [5.41, 5.74) is 2.26. The Kier molecular flexibility index (Phi) is 13.8. The zero-order valence-corrected chi connectivity index (χ0v) is 28.9. The molecule has 2 saturated heterocycles. The highest BCUT2D eigenvalue weighted by Gasteiger charge is 2.32. The minimum Gasteiger partial charge on any atom is -0.481 e. The average Bonchev–Trinajstić information content (AvgIpc) is 3.11. The maximum atomic E-state index is 13.8. The Morgan fingerprint density at radius 3 is 2.22 bits per heavy atom. The van der Waals surface area contributed by atoms with Gasteiger partial charge < -0.3 is 35.2 Å². The third-order valence-electron chi connectivity index (χ3n) is 8.85. The van der Waals surface area contributed by atoms with Crippen LogP contribution in [0.4, 0.5) is 10.5 Å². The van der Waals surface area contributed by atoms with Crippen LogP contribution in [0.3, 0.4) is 0 Å². The van der Waals surface area contributed by atoms with Crippen molar-refractivity contribution in [3.8, 4) is 11.3 Å². The zero-order valence-electron chi connectivity index (χ0n) is 28.9. The number of nitrogens with one attached hydrogen (secondary N) is 2. The monoisotopic (exact) mass is 678 g/mol. The maximum Gasteiger partial charge on any atom is 0.409 e. The van der Waals surface area contributed by atoms with E-state index < -0.39 is 29.9 Å². The first kappa shape index (κ1) is 37.1. The molecule has 2 fully saturated rings. The van der Waals surface area contributed by atoms with E-state index in [-0.39, 0.29) is 62.6 Å². The molecule has 1 aromatic carbocycles. The number of piperidine rings is 1. The van der Waals surface area contributed by atoms with Crippen molar-refractivity contribution in [1.29, 1.82) is 0 Å². The number of carbonyl (C=O) groups excluding carboxylic acids is 4. The molecule has 1 aromatic heterocycles. The number of unbranched alkanes of at least 4 members (excludes halogenated alkanes) is 2. The second kappa shape index (κ2) is 18.2. The van der Waals surface area contributed by atoms with E-state index in [9.17, 15) is 29.1 Å². The molecule has 3 heterocycles. The number of hydrogen-bond donors (Lipinski definition) is 3. The van der Waals surface area contributed by atoms with Crippen molar-refractivity contribution in [3.05, 3.63) is 48.2 Å². The van der Waals surface area contributed by atoms with Crippen LogP contribution in [0, 0.1) is 5.92 Å². The lowest BCUT2D eigenvalue weighted by Gasteiger charge is -2.36. The fourth-order valence-electron chi connectivity index (χ4n) is 6.06. The summed E-state index contributed by atoms with van der Waals surface area (Å²) in [5, 5.41) is 15.2. The summed E-state index contributed by atoms with van der Waals surface area (Å²) >= 11 is 0. The predicted molar refractivity (Wildman–Crippen MR) is 185 cm³/mol. The lowest BCUT2D eigenvalue weighted by atomic mass is 9.95. The van der Waals surface area contributed by atoms with Gasteiger partial charge in [-0.3, -0.25) is 19.2 Å². The van der Waals surface area contributed by atoms with Gasteiger partial charge in [0.15, 0.2) is 0 Å². The van der Waals surface area contributed by atoms with E-state index in [1.807, 2.05) is 50.2 Å². The summed E-state index contributed by atoms with van der Waals surface area (Å²) in [5.74, 6) is -2.12. The summed E-state index contributed by atoms with van der Waals surface area (Å²) in [7, 11) is 0. The number of carbonyl (C=O) groups is 5. The summed E-state index contributed by atoms with van der Waals surface area (Å²) < 4.78 is 5.35. The number of nitrogens with zero attached hydrogens (tertiary/aromatic N) is 4. The number of carboxylic acid groups (broad SMARTS) is 1. The molecule has 3 N–H and O–H groups in total. The van der Waals surface area contributed by atoms with Crippen molar-refractivity contribution in [2.45, 2.75) is 77.8 Å². The SMILES string of the molecule is CCCCCOC(=O)N1CCN(C(=O)[C@H](CCC(=O)O)NC(=O)c2cc(N3CCC(C(=O)NC(C)C)CC3)cc(-c3ccccc3)n2)CC1. The molecule has 49 heavy (non-hydrogen) atoms. The van der Waals surface area contributed by atoms with E-state index in [1.165, 1.54) is 0 Å². The lowest BCUT2D eigenvalue weighted by molar-refractivity contribution is -0.138. The minimum atomic E-state index is -1.10. The van der Waals surface area contributed by atoms with Gasteiger partial charge in [-0.05, 0) is 51.7 Å². The standard InChI is InChI=1S/C36H50N6O7/c1-4-5-9-22-49-36(48)42-20-18-41(19-21-42)35(47)29(12-13-32(43)44)39-34(46)31-24-28(23-30(38-31)26-10-7-6-8-11-26)40-16-14-27(15-17-40)33(45)37-25(2)3/h6-8,10-11,23-25,27,29H,4-5,9,12-22H2,1-3H3,(H,37,45)(H,39,46)(H,43,44)/t29-/m0/s1. The van der Waals surface area contributed by atoms with Crippen molar-refractivity contribution in [2.75, 3.05) is 50.8 Å². The molecule has 0 aliphatic carbocycles. The number of pyridine rings is 1. The first-order chi connectivity index (χ1) is 23.5. The van der Waals surface area contributed by atoms with E-state index in [1.54, 1.807) is 15.9 Å². The Morgan fingerprint density at radius 1 is 0.918 bits per heavy atom. The number of carboxylic acids is 1. The average molecular weight is 679 g/mol. The van der Waals surface area contributed by atoms with Crippen molar-refractivity contribution in [2.24, 2.45) is 5.92 Å². The van der Waals surface area contributed by atoms with E-state index >= 15 is 0 Å². The number of hydrogen-bond acceptors (Lipinski definition) is 8. The van der Waals surface area contributed by atoms with E-state index in [0.29, 0.717) is 38.2 Å². The van der Waals surface area contributed by atoms with Crippen molar-refractivity contribution in [3.63, 3.8) is 0 Å². The first-order valence-electron chi connectivity index (χ1n) is 17.4. The topological polar surface area (TPSA) is 161 Å². The Morgan fingerprint density at radius 2 is 1.59 bits per heavy atom. The van der Waals surface area contributed by atoms with Crippen LogP contribution in [-0.4, -0.2) is 108 Å². The number of aliphatic carboxylic acids is 1. The highest BCUT2D eigenvalue weighted by atomic mass is 16.6. The maximum absolute atomic E-state index is 13.8. The smallest absolute Gasteiger partial charge is 0.409 e. The molecule has 2 aliphatic heterocycles. The van der Waals surface area contributed by atoms with E-state index in [2.05, 4.69) is 27.4 Å². The van der Waals surface area contributed by atoms with Crippen molar-refractivity contribution >= 4 is 35.5 Å². The van der Waals surface area contributed by atoms with Crippen LogP contribution >= 0.6 is 0 Å². The molecule has 0 bridgehead atoms. The molecule has 266 valence electrons. The molecular weight excluding hydrogens is 628 g/mol. The van der Waals surface area contributed by atoms with Crippen LogP contribution < -0.4 is 15.5 Å². The van der Waals surface area contributed by atoms with Crippen LogP contribution in [0.5, 0.6) is 0 Å². The summed E-state index contributed by atoms with van der Waals surface area (Å²) in [6.45, 7) is 8.56. The number of ether oxygens (including phenoxy) is 1. The highest BCUT2D eigenvalue weighted by molar-refractivity contribution is 5.97. The fraction of sp³-hybridized carbons (Fsp3) is 0.556. The summed E-state index contributed by atoms with van der Waals surface area (Å²) in [6, 6.07) is 12.0. The van der Waals surface area contributed by atoms with Gasteiger partial charge in [0, 0.05) is 68.9 Å². The normalized spacial score (nSPS) is 15.9. The van der Waals surface area contributed by atoms with Gasteiger partial charge in [0.05, 0.1) is 12.3 Å². The molecule has 2 aliphatic rings. The number of anilines is 1. The Labute approximate surface area is 288 Å². The quantitative estimate of drug-likeness (QED) is 0.252. The second-order valence-corrected chi connectivity index (χ2v) is 13.0. The van der Waals surface area contributed by atoms with Gasteiger partial charge in [-0.15, -0.1) is 0 Å². The number of rotatable bonds is 14. The van der Waals surface area contributed by atoms with Gasteiger partial charge in [0.1, 0.15) is 11.7 Å². The molecule has 13 heteroatoms. The van der Waals surface area contributed by atoms with Gasteiger partial charge in [-0.1, -0.05) is 50.1 Å². The molecule has 0 saturated carbocycles. The third kappa shape index (κ3) is 10.9. The van der Waals surface area contributed by atoms with Gasteiger partial charge >= 0.3 is 12.1 Å². The van der Waals surface area contributed by atoms with Crippen LogP contribution in [-0.2, 0) is 19.1 Å². The van der Waals surface area contributed by atoms with Gasteiger partial charge in [0.25, 0.3) is 5.91 Å². The molecule has 0 spiro atoms. The number of aromatic nitrogens is 1. The summed E-state index contributed by atoms with van der Waals surface area (Å²) in [4.78, 5) is 74.0. The predicted octanol–water partition coefficient (Wildman–Crippen LogP) is 3.92. The van der Waals surface area contributed by atoms with Crippen LogP contribution in [0.2, 0.25) is 0 Å². The number of amides is 4. The lowest BCUT2D eigenvalue weighted by Crippen LogP contribution is -2.56. The first-order valence-corrected chi connectivity index (χ1v) is 17.4. The number of benzene rings is 1. The van der Waals surface area contributed by atoms with Crippen molar-refractivity contribution < 1.29 is 33.8 Å². The Hall–Kier alpha value is -4.68. The van der Waals surface area contributed by atoms with Gasteiger partial charge in [-0.2, -0.15) is 0 Å². The highest BCUT2D eigenvalue weighted by Crippen LogP contribution is 2.28.